The van der Waals surface area contributed by atoms with Crippen LogP contribution in [0.3, 0.4) is 0 Å². The van der Waals surface area contributed by atoms with Gasteiger partial charge >= 0.3 is 6.18 Å². The van der Waals surface area contributed by atoms with E-state index in [9.17, 15) is 27.8 Å². The van der Waals surface area contributed by atoms with Crippen molar-refractivity contribution in [3.8, 4) is 5.75 Å². The summed E-state index contributed by atoms with van der Waals surface area (Å²) in [6.07, 6.45) is -12.5. The highest BCUT2D eigenvalue weighted by Gasteiger charge is 2.57. The van der Waals surface area contributed by atoms with Crippen LogP contribution in [0.4, 0.5) is 17.6 Å². The number of amidine groups is 1. The number of hydrogen-bond donors (Lipinski definition) is 2. The van der Waals surface area contributed by atoms with Crippen LogP contribution in [0.15, 0.2) is 29.3 Å². The summed E-state index contributed by atoms with van der Waals surface area (Å²) in [5.74, 6) is 0.379. The van der Waals surface area contributed by atoms with Gasteiger partial charge in [-0.1, -0.05) is 23.9 Å². The molecule has 31 heavy (non-hydrogen) atoms. The van der Waals surface area contributed by atoms with E-state index in [0.29, 0.717) is 16.5 Å². The van der Waals surface area contributed by atoms with E-state index >= 15 is 0 Å². The molecule has 0 bridgehead atoms. The van der Waals surface area contributed by atoms with Gasteiger partial charge in [-0.3, -0.25) is 4.99 Å². The Morgan fingerprint density at radius 1 is 1.19 bits per heavy atom. The number of halogens is 4. The van der Waals surface area contributed by atoms with E-state index in [2.05, 4.69) is 4.99 Å². The molecule has 0 aromatic heterocycles. The van der Waals surface area contributed by atoms with Gasteiger partial charge in [0.1, 0.15) is 48.8 Å². The summed E-state index contributed by atoms with van der Waals surface area (Å²) in [5.41, 5.74) is -0.458. The lowest BCUT2D eigenvalue weighted by molar-refractivity contribution is -0.286. The number of thioether (sulfide) groups is 1. The molecule has 0 radical (unpaired) electrons. The number of aliphatic hydroxyl groups is 2. The van der Waals surface area contributed by atoms with Crippen molar-refractivity contribution < 1.29 is 42.0 Å². The van der Waals surface area contributed by atoms with E-state index in [-0.39, 0.29) is 6.61 Å². The number of rotatable bonds is 7. The minimum atomic E-state index is -4.85. The van der Waals surface area contributed by atoms with Crippen molar-refractivity contribution in [2.45, 2.75) is 48.7 Å². The molecule has 12 heteroatoms. The van der Waals surface area contributed by atoms with Gasteiger partial charge in [-0.25, -0.2) is 4.39 Å². The summed E-state index contributed by atoms with van der Waals surface area (Å²) in [7, 11) is 3.41. The first-order valence-electron chi connectivity index (χ1n) is 9.51. The molecule has 6 atom stereocenters. The van der Waals surface area contributed by atoms with Crippen molar-refractivity contribution in [1.29, 1.82) is 0 Å². The Kier molecular flexibility index (Phi) is 7.68. The zero-order chi connectivity index (χ0) is 22.8. The maximum atomic E-state index is 13.8. The molecule has 1 aromatic carbocycles. The molecule has 2 heterocycles. The zero-order valence-electron chi connectivity index (χ0n) is 16.8. The molecular formula is C19H24F4N2O5S. The van der Waals surface area contributed by atoms with Crippen LogP contribution in [0, 0.1) is 0 Å². The van der Waals surface area contributed by atoms with E-state index < -0.39 is 55.4 Å². The van der Waals surface area contributed by atoms with Gasteiger partial charge in [0.05, 0.1) is 6.61 Å². The molecule has 3 rings (SSSR count). The van der Waals surface area contributed by atoms with Crippen LogP contribution in [0.25, 0.3) is 0 Å². The molecule has 0 spiro atoms. The Morgan fingerprint density at radius 3 is 2.45 bits per heavy atom. The Bertz CT molecular complexity index is 765. The molecule has 0 aliphatic carbocycles. The number of ether oxygens (including phenoxy) is 3. The smallest absolute Gasteiger partial charge is 0.417 e. The Balaban J connectivity index is 1.70. The molecule has 1 aromatic rings. The van der Waals surface area contributed by atoms with Crippen LogP contribution in [-0.2, 0) is 16.1 Å². The minimum Gasteiger partial charge on any atom is -0.491 e. The third kappa shape index (κ3) is 5.61. The first kappa shape index (κ1) is 24.1. The Labute approximate surface area is 181 Å². The lowest BCUT2D eigenvalue weighted by atomic mass is 9.94. The third-order valence-corrected chi connectivity index (χ3v) is 6.09. The first-order valence-corrected chi connectivity index (χ1v) is 10.4. The summed E-state index contributed by atoms with van der Waals surface area (Å²) in [4.78, 5) is 5.89. The number of alkyl halides is 4. The van der Waals surface area contributed by atoms with Gasteiger partial charge in [0.15, 0.2) is 11.3 Å². The quantitative estimate of drug-likeness (QED) is 0.592. The predicted octanol–water partition coefficient (Wildman–Crippen LogP) is 1.96. The predicted molar refractivity (Wildman–Crippen MR) is 106 cm³/mol. The molecule has 2 aliphatic heterocycles. The summed E-state index contributed by atoms with van der Waals surface area (Å²) < 4.78 is 69.2. The van der Waals surface area contributed by atoms with Gasteiger partial charge in [-0.05, 0) is 17.7 Å². The molecule has 1 saturated heterocycles. The molecule has 2 aliphatic rings. The topological polar surface area (TPSA) is 83.8 Å². The van der Waals surface area contributed by atoms with Gasteiger partial charge in [-0.15, -0.1) is 0 Å². The second-order valence-corrected chi connectivity index (χ2v) is 8.38. The van der Waals surface area contributed by atoms with Crippen LogP contribution in [0.2, 0.25) is 0 Å². The number of nitrogens with zero attached hydrogens (tertiary/aromatic N) is 2. The van der Waals surface area contributed by atoms with Gasteiger partial charge in [-0.2, -0.15) is 13.2 Å². The fourth-order valence-electron chi connectivity index (χ4n) is 3.24. The molecule has 0 saturated carbocycles. The molecular weight excluding hydrogens is 444 g/mol. The van der Waals surface area contributed by atoms with E-state index in [0.717, 1.165) is 11.8 Å². The molecule has 0 amide bonds. The lowest BCUT2D eigenvalue weighted by Crippen LogP contribution is -2.61. The molecule has 174 valence electrons. The van der Waals surface area contributed by atoms with Gasteiger partial charge in [0.25, 0.3) is 0 Å². The van der Waals surface area contributed by atoms with E-state index in [1.165, 1.54) is 24.3 Å². The Hall–Kier alpha value is -1.60. The fourth-order valence-corrected chi connectivity index (χ4v) is 4.39. The monoisotopic (exact) mass is 468 g/mol. The highest BCUT2D eigenvalue weighted by atomic mass is 32.2. The van der Waals surface area contributed by atoms with Crippen LogP contribution in [-0.4, -0.2) is 89.7 Å². The second kappa shape index (κ2) is 9.90. The summed E-state index contributed by atoms with van der Waals surface area (Å²) in [5, 5.41) is 21.2. The largest absolute Gasteiger partial charge is 0.491 e. The van der Waals surface area contributed by atoms with Gasteiger partial charge in [0, 0.05) is 14.1 Å². The summed E-state index contributed by atoms with van der Waals surface area (Å²) in [6, 6.07) is 5.10. The number of benzene rings is 1. The van der Waals surface area contributed by atoms with Crippen molar-refractivity contribution in [2.75, 3.05) is 27.4 Å². The Morgan fingerprint density at radius 2 is 1.87 bits per heavy atom. The van der Waals surface area contributed by atoms with Crippen LogP contribution in [0.5, 0.6) is 5.75 Å². The number of aliphatic imine (C=N–C) groups is 1. The molecule has 7 nitrogen and oxygen atoms in total. The zero-order valence-corrected chi connectivity index (χ0v) is 17.6. The van der Waals surface area contributed by atoms with Crippen LogP contribution < -0.4 is 4.74 Å². The van der Waals surface area contributed by atoms with E-state index in [4.69, 9.17) is 14.2 Å². The summed E-state index contributed by atoms with van der Waals surface area (Å²) in [6.45, 7) is -1.20. The van der Waals surface area contributed by atoms with Crippen molar-refractivity contribution in [1.82, 2.24) is 4.90 Å². The lowest BCUT2D eigenvalue weighted by Gasteiger charge is -2.41. The number of fused-ring (bicyclic) bond motifs is 1. The van der Waals surface area contributed by atoms with Crippen LogP contribution in [0.1, 0.15) is 5.56 Å². The molecule has 2 N–H and O–H groups in total. The number of hydrogen-bond acceptors (Lipinski definition) is 8. The van der Waals surface area contributed by atoms with E-state index in [1.54, 1.807) is 19.0 Å². The minimum absolute atomic E-state index is 0.120. The standard InChI is InChI=1S/C19H24F4N2O5S/c1-25(2)18-24-12-13(26)14(27)15(30-17(12)31-18)16(19(21,22)23)29-9-10-3-5-11(6-4-10)28-8-7-20/h3-6,12-17,26-27H,7-9H2,1-2H3. The normalized spacial score (nSPS) is 29.3. The van der Waals surface area contributed by atoms with Gasteiger partial charge < -0.3 is 29.3 Å². The average Bonchev–Trinajstić information content (AvgIpc) is 3.15. The van der Waals surface area contributed by atoms with Crippen molar-refractivity contribution in [3.63, 3.8) is 0 Å². The molecule has 6 unspecified atom stereocenters. The van der Waals surface area contributed by atoms with Gasteiger partial charge in [0.2, 0.25) is 0 Å². The fraction of sp³-hybridized carbons (Fsp3) is 0.632. The molecule has 1 fully saturated rings. The van der Waals surface area contributed by atoms with Crippen molar-refractivity contribution >= 4 is 16.9 Å². The SMILES string of the molecule is CN(C)C1=NC2C(OC(C(OCc3ccc(OCCF)cc3)C(F)(F)F)C(O)C2O)S1. The maximum Gasteiger partial charge on any atom is 0.417 e. The van der Waals surface area contributed by atoms with Crippen LogP contribution >= 0.6 is 11.8 Å². The third-order valence-electron chi connectivity index (χ3n) is 4.79. The van der Waals surface area contributed by atoms with Crippen molar-refractivity contribution in [3.05, 3.63) is 29.8 Å². The summed E-state index contributed by atoms with van der Waals surface area (Å²) >= 11 is 1.08. The highest BCUT2D eigenvalue weighted by molar-refractivity contribution is 8.14. The number of aliphatic hydroxyl groups excluding tert-OH is 2. The van der Waals surface area contributed by atoms with Crippen molar-refractivity contribution in [2.24, 2.45) is 4.99 Å². The average molecular weight is 468 g/mol. The second-order valence-electron chi connectivity index (χ2n) is 7.32. The highest BCUT2D eigenvalue weighted by Crippen LogP contribution is 2.41. The maximum absolute atomic E-state index is 13.8. The first-order chi connectivity index (χ1) is 14.6. The van der Waals surface area contributed by atoms with E-state index in [1.807, 2.05) is 0 Å².